The van der Waals surface area contributed by atoms with Crippen LogP contribution in [0.1, 0.15) is 36.0 Å². The van der Waals surface area contributed by atoms with Gasteiger partial charge in [-0.05, 0) is 67.6 Å². The number of carbonyl (C=O) groups excluding carboxylic acids is 1. The summed E-state index contributed by atoms with van der Waals surface area (Å²) >= 11 is 0. The fourth-order valence-corrected chi connectivity index (χ4v) is 4.49. The highest BCUT2D eigenvalue weighted by molar-refractivity contribution is 6.09. The van der Waals surface area contributed by atoms with Crippen molar-refractivity contribution < 1.29 is 23.1 Å². The first-order chi connectivity index (χ1) is 13.3. The van der Waals surface area contributed by atoms with Crippen molar-refractivity contribution in [1.82, 2.24) is 5.32 Å². The van der Waals surface area contributed by atoms with E-state index in [1.54, 1.807) is 18.2 Å². The third-order valence-corrected chi connectivity index (χ3v) is 5.87. The molecule has 7 heteroatoms. The van der Waals surface area contributed by atoms with Gasteiger partial charge in [0, 0.05) is 0 Å². The number of nitrogens with one attached hydrogen (secondary N) is 2. The fourth-order valence-electron chi connectivity index (χ4n) is 4.49. The molecule has 0 bridgehead atoms. The SMILES string of the molecule is O=C1Nc2c(C(F)(F)F)cccc2C1(CC1CCNCC1)c1ccc(O)cc1. The Hall–Kier alpha value is -2.54. The predicted molar refractivity (Wildman–Crippen MR) is 99.2 cm³/mol. The van der Waals surface area contributed by atoms with Crippen LogP contribution in [-0.4, -0.2) is 24.1 Å². The number of phenols is 1. The van der Waals surface area contributed by atoms with Crippen LogP contribution >= 0.6 is 0 Å². The van der Waals surface area contributed by atoms with Crippen LogP contribution in [0.4, 0.5) is 18.9 Å². The van der Waals surface area contributed by atoms with E-state index in [1.165, 1.54) is 18.2 Å². The van der Waals surface area contributed by atoms with Crippen molar-refractivity contribution in [2.24, 2.45) is 5.92 Å². The molecule has 1 saturated heterocycles. The molecule has 0 spiro atoms. The summed E-state index contributed by atoms with van der Waals surface area (Å²) in [5.74, 6) is -0.187. The first kappa shape index (κ1) is 18.8. The van der Waals surface area contributed by atoms with Gasteiger partial charge in [-0.1, -0.05) is 24.3 Å². The second-order valence-corrected chi connectivity index (χ2v) is 7.53. The largest absolute Gasteiger partial charge is 0.508 e. The molecule has 0 saturated carbocycles. The number of phenolic OH excluding ortho intramolecular Hbond substituents is 1. The maximum absolute atomic E-state index is 13.5. The second-order valence-electron chi connectivity index (χ2n) is 7.53. The molecule has 2 aliphatic heterocycles. The van der Waals surface area contributed by atoms with Crippen LogP contribution in [0.3, 0.4) is 0 Å². The summed E-state index contributed by atoms with van der Waals surface area (Å²) in [4.78, 5) is 13.2. The molecule has 1 atom stereocenters. The molecule has 3 N–H and O–H groups in total. The lowest BCUT2D eigenvalue weighted by Crippen LogP contribution is -2.40. The zero-order valence-corrected chi connectivity index (χ0v) is 15.1. The van der Waals surface area contributed by atoms with Gasteiger partial charge in [-0.3, -0.25) is 4.79 Å². The monoisotopic (exact) mass is 390 g/mol. The minimum Gasteiger partial charge on any atom is -0.508 e. The predicted octanol–water partition coefficient (Wildman–Crippen LogP) is 4.04. The topological polar surface area (TPSA) is 61.4 Å². The number of aromatic hydroxyl groups is 1. The van der Waals surface area contributed by atoms with E-state index in [0.29, 0.717) is 17.5 Å². The molecule has 1 unspecified atom stereocenters. The van der Waals surface area contributed by atoms with E-state index >= 15 is 0 Å². The van der Waals surface area contributed by atoms with Crippen molar-refractivity contribution in [3.05, 3.63) is 59.2 Å². The number of amides is 1. The lowest BCUT2D eigenvalue weighted by atomic mass is 9.68. The standard InChI is InChI=1S/C21H21F3N2O2/c22-21(23,24)17-3-1-2-16-18(17)26-19(28)20(16,12-13-8-10-25-11-9-13)14-4-6-15(27)7-5-14/h1-7,13,25,27H,8-12H2,(H,26,28). The number of carbonyl (C=O) groups is 1. The minimum absolute atomic E-state index is 0.0448. The molecule has 28 heavy (non-hydrogen) atoms. The summed E-state index contributed by atoms with van der Waals surface area (Å²) in [7, 11) is 0. The van der Waals surface area contributed by atoms with Gasteiger partial charge in [0.15, 0.2) is 0 Å². The average Bonchev–Trinajstić information content (AvgIpc) is 2.95. The first-order valence-corrected chi connectivity index (χ1v) is 9.35. The van der Waals surface area contributed by atoms with Crippen molar-refractivity contribution in [3.8, 4) is 5.75 Å². The maximum Gasteiger partial charge on any atom is 0.418 e. The van der Waals surface area contributed by atoms with Gasteiger partial charge in [-0.15, -0.1) is 0 Å². The molecule has 0 aromatic heterocycles. The van der Waals surface area contributed by atoms with E-state index in [9.17, 15) is 23.1 Å². The number of benzene rings is 2. The average molecular weight is 390 g/mol. The lowest BCUT2D eigenvalue weighted by molar-refractivity contribution is -0.136. The van der Waals surface area contributed by atoms with Crippen LogP contribution < -0.4 is 10.6 Å². The molecule has 4 rings (SSSR count). The van der Waals surface area contributed by atoms with Crippen LogP contribution in [0.25, 0.3) is 0 Å². The zero-order valence-electron chi connectivity index (χ0n) is 15.1. The number of alkyl halides is 3. The smallest absolute Gasteiger partial charge is 0.418 e. The number of hydrogen-bond acceptors (Lipinski definition) is 3. The number of rotatable bonds is 3. The van der Waals surface area contributed by atoms with Crippen LogP contribution in [-0.2, 0) is 16.4 Å². The van der Waals surface area contributed by atoms with E-state index < -0.39 is 23.1 Å². The summed E-state index contributed by atoms with van der Waals surface area (Å²) in [6.45, 7) is 1.65. The molecule has 2 aliphatic rings. The first-order valence-electron chi connectivity index (χ1n) is 9.35. The Morgan fingerprint density at radius 3 is 2.39 bits per heavy atom. The van der Waals surface area contributed by atoms with Crippen molar-refractivity contribution >= 4 is 11.6 Å². The minimum atomic E-state index is -4.56. The summed E-state index contributed by atoms with van der Waals surface area (Å²) in [5, 5.41) is 15.5. The van der Waals surface area contributed by atoms with Gasteiger partial charge >= 0.3 is 6.18 Å². The molecule has 0 radical (unpaired) electrons. The van der Waals surface area contributed by atoms with E-state index in [2.05, 4.69) is 10.6 Å². The van der Waals surface area contributed by atoms with E-state index in [1.807, 2.05) is 0 Å². The Labute approximate surface area is 160 Å². The number of piperidine rings is 1. The highest BCUT2D eigenvalue weighted by Gasteiger charge is 2.52. The fraction of sp³-hybridized carbons (Fsp3) is 0.381. The number of anilines is 1. The quantitative estimate of drug-likeness (QED) is 0.741. The van der Waals surface area contributed by atoms with Gasteiger partial charge in [0.2, 0.25) is 5.91 Å². The van der Waals surface area contributed by atoms with Gasteiger partial charge < -0.3 is 15.7 Å². The molecule has 2 heterocycles. The van der Waals surface area contributed by atoms with E-state index in [4.69, 9.17) is 0 Å². The van der Waals surface area contributed by atoms with Crippen LogP contribution in [0, 0.1) is 5.92 Å². The van der Waals surface area contributed by atoms with Crippen LogP contribution in [0.2, 0.25) is 0 Å². The summed E-state index contributed by atoms with van der Waals surface area (Å²) in [6.07, 6.45) is -2.40. The molecule has 1 amide bonds. The summed E-state index contributed by atoms with van der Waals surface area (Å²) in [5.41, 5.74) is -1.23. The highest BCUT2D eigenvalue weighted by Crippen LogP contribution is 2.51. The van der Waals surface area contributed by atoms with Crippen molar-refractivity contribution in [2.45, 2.75) is 30.9 Å². The Morgan fingerprint density at radius 2 is 1.75 bits per heavy atom. The van der Waals surface area contributed by atoms with Crippen molar-refractivity contribution in [3.63, 3.8) is 0 Å². The molecule has 2 aromatic carbocycles. The van der Waals surface area contributed by atoms with Crippen molar-refractivity contribution in [1.29, 1.82) is 0 Å². The molecular formula is C21H21F3N2O2. The Morgan fingerprint density at radius 1 is 1.07 bits per heavy atom. The molecule has 2 aromatic rings. The van der Waals surface area contributed by atoms with Gasteiger partial charge in [-0.25, -0.2) is 0 Å². The van der Waals surface area contributed by atoms with Gasteiger partial charge in [0.1, 0.15) is 11.2 Å². The number of fused-ring (bicyclic) bond motifs is 1. The highest BCUT2D eigenvalue weighted by atomic mass is 19.4. The van der Waals surface area contributed by atoms with Gasteiger partial charge in [0.25, 0.3) is 0 Å². The molecule has 148 valence electrons. The Balaban J connectivity index is 1.89. The second kappa shape index (κ2) is 6.81. The van der Waals surface area contributed by atoms with Crippen LogP contribution in [0.5, 0.6) is 5.75 Å². The summed E-state index contributed by atoms with van der Waals surface area (Å²) in [6, 6.07) is 10.2. The summed E-state index contributed by atoms with van der Waals surface area (Å²) < 4.78 is 40.6. The lowest BCUT2D eigenvalue weighted by Gasteiger charge is -2.34. The number of para-hydroxylation sites is 1. The van der Waals surface area contributed by atoms with Gasteiger partial charge in [-0.2, -0.15) is 13.2 Å². The van der Waals surface area contributed by atoms with Crippen molar-refractivity contribution in [2.75, 3.05) is 18.4 Å². The maximum atomic E-state index is 13.5. The van der Waals surface area contributed by atoms with Crippen LogP contribution in [0.15, 0.2) is 42.5 Å². The Bertz CT molecular complexity index is 890. The molecule has 1 fully saturated rings. The molecule has 4 nitrogen and oxygen atoms in total. The zero-order chi connectivity index (χ0) is 19.9. The van der Waals surface area contributed by atoms with E-state index in [-0.39, 0.29) is 17.4 Å². The molecular weight excluding hydrogens is 369 g/mol. The molecule has 0 aliphatic carbocycles. The third-order valence-electron chi connectivity index (χ3n) is 5.87. The number of hydrogen-bond donors (Lipinski definition) is 3. The van der Waals surface area contributed by atoms with Gasteiger partial charge in [0.05, 0.1) is 11.3 Å². The number of halogens is 3. The normalized spacial score (nSPS) is 22.8. The Kier molecular flexibility index (Phi) is 4.57. The third kappa shape index (κ3) is 3.03. The van der Waals surface area contributed by atoms with E-state index in [0.717, 1.165) is 32.0 Å².